The number of nitrogens with one attached hydrogen (secondary N) is 2. The second-order valence-corrected chi connectivity index (χ2v) is 6.85. The van der Waals surface area contributed by atoms with Crippen LogP contribution in [0.4, 0.5) is 10.6 Å². The minimum Gasteiger partial charge on any atom is -0.493 e. The van der Waals surface area contributed by atoms with Crippen molar-refractivity contribution in [2.75, 3.05) is 26.1 Å². The number of pyridine rings is 1. The molecule has 4 amide bonds. The summed E-state index contributed by atoms with van der Waals surface area (Å²) in [6.07, 6.45) is 0.290. The van der Waals surface area contributed by atoms with Crippen molar-refractivity contribution in [2.24, 2.45) is 0 Å². The summed E-state index contributed by atoms with van der Waals surface area (Å²) < 4.78 is 10.5. The number of amides is 4. The number of rotatable bonds is 8. The molecule has 0 bridgehead atoms. The van der Waals surface area contributed by atoms with Crippen LogP contribution >= 0.6 is 0 Å². The van der Waals surface area contributed by atoms with E-state index in [1.165, 1.54) is 0 Å². The Bertz CT molecular complexity index is 962. The third-order valence-electron chi connectivity index (χ3n) is 4.72. The van der Waals surface area contributed by atoms with E-state index in [0.717, 1.165) is 16.2 Å². The van der Waals surface area contributed by atoms with Crippen LogP contribution in [0, 0.1) is 6.92 Å². The van der Waals surface area contributed by atoms with Crippen molar-refractivity contribution in [3.8, 4) is 11.5 Å². The van der Waals surface area contributed by atoms with Crippen LogP contribution < -0.4 is 20.1 Å². The number of aryl methyl sites for hydroxylation is 1. The van der Waals surface area contributed by atoms with Crippen LogP contribution in [-0.4, -0.2) is 54.5 Å². The highest BCUT2D eigenvalue weighted by molar-refractivity contribution is 6.06. The molecule has 1 saturated heterocycles. The van der Waals surface area contributed by atoms with Crippen molar-refractivity contribution in [3.63, 3.8) is 0 Å². The molecular weight excluding hydrogens is 388 g/mol. The van der Waals surface area contributed by atoms with Crippen LogP contribution in [0.2, 0.25) is 0 Å². The third kappa shape index (κ3) is 4.86. The van der Waals surface area contributed by atoms with Gasteiger partial charge in [-0.3, -0.25) is 14.5 Å². The minimum absolute atomic E-state index is 0.160. The number of anilines is 1. The number of carbonyl (C=O) groups excluding carboxylic acids is 3. The SMILES string of the molecule is COc1ccc(CCN2C(=O)N[C@H](CC(=O)Nc3cccc(C)n3)C2=O)cc1OC. The Morgan fingerprint density at radius 3 is 2.63 bits per heavy atom. The van der Waals surface area contributed by atoms with Crippen molar-refractivity contribution in [3.05, 3.63) is 47.7 Å². The van der Waals surface area contributed by atoms with Gasteiger partial charge in [-0.15, -0.1) is 0 Å². The monoisotopic (exact) mass is 412 g/mol. The molecule has 2 aromatic rings. The van der Waals surface area contributed by atoms with E-state index in [9.17, 15) is 14.4 Å². The molecule has 1 aromatic heterocycles. The standard InChI is InChI=1S/C21H24N4O5/c1-13-5-4-6-18(22-13)24-19(26)12-15-20(27)25(21(28)23-15)10-9-14-7-8-16(29-2)17(11-14)30-3/h4-8,11,15H,9-10,12H2,1-3H3,(H,23,28)(H,22,24,26)/t15-/m1/s1. The van der Waals surface area contributed by atoms with Crippen LogP contribution in [0.25, 0.3) is 0 Å². The van der Waals surface area contributed by atoms with E-state index in [0.29, 0.717) is 23.7 Å². The van der Waals surface area contributed by atoms with E-state index in [2.05, 4.69) is 15.6 Å². The lowest BCUT2D eigenvalue weighted by Crippen LogP contribution is -2.35. The first-order valence-corrected chi connectivity index (χ1v) is 9.47. The van der Waals surface area contributed by atoms with Gasteiger partial charge >= 0.3 is 6.03 Å². The summed E-state index contributed by atoms with van der Waals surface area (Å²) in [5, 5.41) is 5.21. The normalized spacial score (nSPS) is 15.7. The topological polar surface area (TPSA) is 110 Å². The first-order chi connectivity index (χ1) is 14.4. The largest absolute Gasteiger partial charge is 0.493 e. The number of urea groups is 1. The first-order valence-electron chi connectivity index (χ1n) is 9.47. The number of aromatic nitrogens is 1. The predicted molar refractivity (Wildman–Crippen MR) is 110 cm³/mol. The Hall–Kier alpha value is -3.62. The highest BCUT2D eigenvalue weighted by Crippen LogP contribution is 2.28. The first kappa shape index (κ1) is 21.1. The predicted octanol–water partition coefficient (Wildman–Crippen LogP) is 1.90. The molecule has 0 unspecified atom stereocenters. The average Bonchev–Trinajstić information content (AvgIpc) is 2.98. The molecule has 0 aliphatic carbocycles. The summed E-state index contributed by atoms with van der Waals surface area (Å²) in [6.45, 7) is 2.00. The highest BCUT2D eigenvalue weighted by Gasteiger charge is 2.38. The number of ether oxygens (including phenoxy) is 2. The molecule has 0 radical (unpaired) electrons. The van der Waals surface area contributed by atoms with Crippen LogP contribution in [0.3, 0.4) is 0 Å². The minimum atomic E-state index is -0.896. The lowest BCUT2D eigenvalue weighted by atomic mass is 10.1. The zero-order valence-corrected chi connectivity index (χ0v) is 17.1. The Kier molecular flexibility index (Phi) is 6.51. The third-order valence-corrected chi connectivity index (χ3v) is 4.72. The van der Waals surface area contributed by atoms with E-state index >= 15 is 0 Å². The molecule has 9 heteroatoms. The summed E-state index contributed by atoms with van der Waals surface area (Å²) in [6, 6.07) is 9.27. The molecule has 1 atom stereocenters. The highest BCUT2D eigenvalue weighted by atomic mass is 16.5. The smallest absolute Gasteiger partial charge is 0.324 e. The number of hydrogen-bond acceptors (Lipinski definition) is 6. The van der Waals surface area contributed by atoms with Crippen molar-refractivity contribution < 1.29 is 23.9 Å². The fourth-order valence-corrected chi connectivity index (χ4v) is 3.20. The van der Waals surface area contributed by atoms with E-state index < -0.39 is 23.9 Å². The number of hydrogen-bond donors (Lipinski definition) is 2. The number of imide groups is 1. The summed E-state index contributed by atoms with van der Waals surface area (Å²) in [7, 11) is 3.09. The van der Waals surface area contributed by atoms with Crippen LogP contribution in [0.15, 0.2) is 36.4 Å². The fourth-order valence-electron chi connectivity index (χ4n) is 3.20. The molecule has 1 aliphatic rings. The Morgan fingerprint density at radius 1 is 1.17 bits per heavy atom. The molecule has 30 heavy (non-hydrogen) atoms. The van der Waals surface area contributed by atoms with Gasteiger partial charge in [-0.2, -0.15) is 0 Å². The zero-order chi connectivity index (χ0) is 21.7. The van der Waals surface area contributed by atoms with Crippen molar-refractivity contribution >= 4 is 23.7 Å². The van der Waals surface area contributed by atoms with E-state index in [-0.39, 0.29) is 13.0 Å². The van der Waals surface area contributed by atoms with Crippen molar-refractivity contribution in [1.82, 2.24) is 15.2 Å². The van der Waals surface area contributed by atoms with Crippen LogP contribution in [-0.2, 0) is 16.0 Å². The Labute approximate surface area is 174 Å². The molecule has 9 nitrogen and oxygen atoms in total. The van der Waals surface area contributed by atoms with Gasteiger partial charge in [0, 0.05) is 12.2 Å². The number of methoxy groups -OCH3 is 2. The lowest BCUT2D eigenvalue weighted by Gasteiger charge is -2.14. The van der Waals surface area contributed by atoms with Gasteiger partial charge < -0.3 is 20.1 Å². The van der Waals surface area contributed by atoms with Gasteiger partial charge in [0.15, 0.2) is 11.5 Å². The van der Waals surface area contributed by atoms with E-state index in [1.54, 1.807) is 38.5 Å². The second-order valence-electron chi connectivity index (χ2n) is 6.85. The Morgan fingerprint density at radius 2 is 1.93 bits per heavy atom. The van der Waals surface area contributed by atoms with Gasteiger partial charge in [0.25, 0.3) is 5.91 Å². The number of carbonyl (C=O) groups is 3. The van der Waals surface area contributed by atoms with Gasteiger partial charge in [0.05, 0.1) is 20.6 Å². The average molecular weight is 412 g/mol. The van der Waals surface area contributed by atoms with Crippen molar-refractivity contribution in [1.29, 1.82) is 0 Å². The van der Waals surface area contributed by atoms with Gasteiger partial charge in [-0.05, 0) is 43.2 Å². The number of nitrogens with zero attached hydrogens (tertiary/aromatic N) is 2. The van der Waals surface area contributed by atoms with Crippen LogP contribution in [0.1, 0.15) is 17.7 Å². The molecule has 158 valence electrons. The van der Waals surface area contributed by atoms with E-state index in [1.807, 2.05) is 19.1 Å². The van der Waals surface area contributed by atoms with Gasteiger partial charge in [-0.1, -0.05) is 12.1 Å². The molecule has 1 fully saturated rings. The molecule has 1 aliphatic heterocycles. The second kappa shape index (κ2) is 9.25. The summed E-state index contributed by atoms with van der Waals surface area (Å²) in [5.41, 5.74) is 1.65. The number of benzene rings is 1. The van der Waals surface area contributed by atoms with E-state index in [4.69, 9.17) is 9.47 Å². The maximum atomic E-state index is 12.6. The maximum absolute atomic E-state index is 12.6. The summed E-state index contributed by atoms with van der Waals surface area (Å²) in [4.78, 5) is 42.4. The fraction of sp³-hybridized carbons (Fsp3) is 0.333. The van der Waals surface area contributed by atoms with Crippen molar-refractivity contribution in [2.45, 2.75) is 25.8 Å². The maximum Gasteiger partial charge on any atom is 0.324 e. The quantitative estimate of drug-likeness (QED) is 0.641. The molecule has 0 saturated carbocycles. The van der Waals surface area contributed by atoms with Gasteiger partial charge in [0.2, 0.25) is 5.91 Å². The lowest BCUT2D eigenvalue weighted by molar-refractivity contribution is -0.129. The molecule has 3 rings (SSSR count). The van der Waals surface area contributed by atoms with Gasteiger partial charge in [-0.25, -0.2) is 9.78 Å². The molecule has 1 aromatic carbocycles. The summed E-state index contributed by atoms with van der Waals surface area (Å²) >= 11 is 0. The molecular formula is C21H24N4O5. The molecule has 0 spiro atoms. The summed E-state index contributed by atoms with van der Waals surface area (Å²) in [5.74, 6) is 0.764. The zero-order valence-electron chi connectivity index (χ0n) is 17.1. The van der Waals surface area contributed by atoms with Crippen LogP contribution in [0.5, 0.6) is 11.5 Å². The molecule has 2 heterocycles. The Balaban J connectivity index is 1.57. The molecule has 2 N–H and O–H groups in total. The van der Waals surface area contributed by atoms with Gasteiger partial charge in [0.1, 0.15) is 11.9 Å².